The highest BCUT2D eigenvalue weighted by atomic mass is 32.2. The first-order chi connectivity index (χ1) is 8.81. The van der Waals surface area contributed by atoms with Crippen LogP contribution in [0.1, 0.15) is 12.8 Å². The van der Waals surface area contributed by atoms with E-state index in [4.69, 9.17) is 22.7 Å². The van der Waals surface area contributed by atoms with Crippen molar-refractivity contribution in [3.05, 3.63) is 0 Å². The maximum absolute atomic E-state index is 12.0. The third-order valence-electron chi connectivity index (χ3n) is 3.24. The standard InChI is InChI=1S/C10H22N4O3S2/c1-14-6-3-10(4-7-14,9(11)18)13-19(15,16)12-5-8-17-2/h12-13H,3-8H2,1-2H3,(H2,11,18). The summed E-state index contributed by atoms with van der Waals surface area (Å²) in [6.45, 7) is 2.01. The van der Waals surface area contributed by atoms with E-state index < -0.39 is 15.7 Å². The molecule has 0 spiro atoms. The van der Waals surface area contributed by atoms with Gasteiger partial charge in [-0.25, -0.2) is 0 Å². The number of hydrogen-bond donors (Lipinski definition) is 3. The van der Waals surface area contributed by atoms with Gasteiger partial charge in [0, 0.05) is 26.7 Å². The third kappa shape index (κ3) is 4.93. The summed E-state index contributed by atoms with van der Waals surface area (Å²) >= 11 is 5.05. The van der Waals surface area contributed by atoms with Gasteiger partial charge in [-0.1, -0.05) is 12.2 Å². The van der Waals surface area contributed by atoms with Gasteiger partial charge in [-0.3, -0.25) is 0 Å². The summed E-state index contributed by atoms with van der Waals surface area (Å²) in [5.74, 6) is 0. The number of ether oxygens (including phenoxy) is 1. The summed E-state index contributed by atoms with van der Waals surface area (Å²) in [5, 5.41) is 0. The van der Waals surface area contributed by atoms with Crippen molar-refractivity contribution >= 4 is 27.4 Å². The molecule has 0 unspecified atom stereocenters. The lowest BCUT2D eigenvalue weighted by molar-refractivity contribution is 0.203. The van der Waals surface area contributed by atoms with Gasteiger partial charge < -0.3 is 15.4 Å². The highest BCUT2D eigenvalue weighted by Crippen LogP contribution is 2.22. The van der Waals surface area contributed by atoms with Gasteiger partial charge in [-0.2, -0.15) is 17.9 Å². The van der Waals surface area contributed by atoms with E-state index in [0.29, 0.717) is 19.4 Å². The molecule has 1 rings (SSSR count). The largest absolute Gasteiger partial charge is 0.392 e. The number of likely N-dealkylation sites (tertiary alicyclic amines) is 1. The van der Waals surface area contributed by atoms with Crippen molar-refractivity contribution in [3.63, 3.8) is 0 Å². The first kappa shape index (κ1) is 16.7. The molecule has 4 N–H and O–H groups in total. The van der Waals surface area contributed by atoms with E-state index in [2.05, 4.69) is 14.3 Å². The lowest BCUT2D eigenvalue weighted by Crippen LogP contribution is -2.63. The predicted octanol–water partition coefficient (Wildman–Crippen LogP) is -1.19. The number of nitrogens with one attached hydrogen (secondary N) is 2. The summed E-state index contributed by atoms with van der Waals surface area (Å²) in [5.41, 5.74) is 4.91. The number of nitrogens with two attached hydrogens (primary N) is 1. The van der Waals surface area contributed by atoms with Gasteiger partial charge in [0.1, 0.15) is 0 Å². The van der Waals surface area contributed by atoms with Crippen LogP contribution in [0.2, 0.25) is 0 Å². The molecule has 1 saturated heterocycles. The molecule has 0 bridgehead atoms. The Bertz CT molecular complexity index is 405. The van der Waals surface area contributed by atoms with E-state index in [1.165, 1.54) is 7.11 Å². The summed E-state index contributed by atoms with van der Waals surface area (Å²) in [6, 6.07) is 0. The summed E-state index contributed by atoms with van der Waals surface area (Å²) in [6.07, 6.45) is 1.15. The van der Waals surface area contributed by atoms with Crippen LogP contribution in [0.5, 0.6) is 0 Å². The Morgan fingerprint density at radius 1 is 1.47 bits per heavy atom. The van der Waals surface area contributed by atoms with E-state index in [1.807, 2.05) is 7.05 Å². The highest BCUT2D eigenvalue weighted by Gasteiger charge is 2.39. The predicted molar refractivity (Wildman–Crippen MR) is 78.2 cm³/mol. The SMILES string of the molecule is COCCNS(=O)(=O)NC1(C(N)=S)CCN(C)CC1. The fraction of sp³-hybridized carbons (Fsp3) is 0.900. The van der Waals surface area contributed by atoms with E-state index >= 15 is 0 Å². The van der Waals surface area contributed by atoms with E-state index in [-0.39, 0.29) is 11.5 Å². The molecule has 1 aliphatic heterocycles. The van der Waals surface area contributed by atoms with E-state index in [9.17, 15) is 8.42 Å². The molecule has 1 fully saturated rings. The van der Waals surface area contributed by atoms with Crippen LogP contribution in [-0.4, -0.2) is 64.2 Å². The van der Waals surface area contributed by atoms with Crippen molar-refractivity contribution in [2.75, 3.05) is 40.4 Å². The quantitative estimate of drug-likeness (QED) is 0.404. The molecular weight excluding hydrogens is 288 g/mol. The maximum Gasteiger partial charge on any atom is 0.277 e. The average Bonchev–Trinajstić information content (AvgIpc) is 2.32. The zero-order valence-corrected chi connectivity index (χ0v) is 12.9. The topological polar surface area (TPSA) is 96.7 Å². The molecule has 0 aromatic carbocycles. The molecule has 7 nitrogen and oxygen atoms in total. The maximum atomic E-state index is 12.0. The van der Waals surface area contributed by atoms with Crippen molar-refractivity contribution in [2.24, 2.45) is 5.73 Å². The summed E-state index contributed by atoms with van der Waals surface area (Å²) in [7, 11) is -0.150. The van der Waals surface area contributed by atoms with Gasteiger partial charge in [-0.05, 0) is 19.9 Å². The monoisotopic (exact) mass is 310 g/mol. The molecule has 0 atom stereocenters. The Morgan fingerprint density at radius 2 is 2.05 bits per heavy atom. The molecule has 0 radical (unpaired) electrons. The Morgan fingerprint density at radius 3 is 2.53 bits per heavy atom. The second kappa shape index (κ2) is 6.91. The Labute approximate surface area is 120 Å². The number of hydrogen-bond acceptors (Lipinski definition) is 5. The van der Waals surface area contributed by atoms with Crippen LogP contribution in [0, 0.1) is 0 Å². The van der Waals surface area contributed by atoms with E-state index in [1.54, 1.807) is 0 Å². The second-order valence-corrected chi connectivity index (χ2v) is 6.68. The average molecular weight is 310 g/mol. The second-order valence-electron chi connectivity index (χ2n) is 4.74. The number of rotatable bonds is 7. The van der Waals surface area contributed by atoms with E-state index in [0.717, 1.165) is 13.1 Å². The van der Waals surface area contributed by atoms with Gasteiger partial charge in [-0.15, -0.1) is 0 Å². The van der Waals surface area contributed by atoms with Crippen LogP contribution in [0.15, 0.2) is 0 Å². The normalized spacial score (nSPS) is 20.3. The molecule has 0 aromatic heterocycles. The van der Waals surface area contributed by atoms with Gasteiger partial charge in [0.2, 0.25) is 0 Å². The van der Waals surface area contributed by atoms with Gasteiger partial charge >= 0.3 is 0 Å². The lowest BCUT2D eigenvalue weighted by Gasteiger charge is -2.40. The van der Waals surface area contributed by atoms with Crippen LogP contribution >= 0.6 is 12.2 Å². The molecule has 9 heteroatoms. The van der Waals surface area contributed by atoms with Crippen LogP contribution in [0.25, 0.3) is 0 Å². The van der Waals surface area contributed by atoms with Crippen molar-refractivity contribution in [1.29, 1.82) is 0 Å². The smallest absolute Gasteiger partial charge is 0.277 e. The molecule has 1 heterocycles. The molecule has 0 amide bonds. The zero-order valence-electron chi connectivity index (χ0n) is 11.3. The molecule has 112 valence electrons. The number of thiocarbonyl (C=S) groups is 1. The Balaban J connectivity index is 2.71. The highest BCUT2D eigenvalue weighted by molar-refractivity contribution is 7.87. The molecule has 1 aliphatic rings. The Hall–Kier alpha value is -0.320. The van der Waals surface area contributed by atoms with Crippen molar-refractivity contribution in [3.8, 4) is 0 Å². The fourth-order valence-corrected chi connectivity index (χ4v) is 3.54. The molecule has 0 saturated carbocycles. The number of piperidine rings is 1. The van der Waals surface area contributed by atoms with Crippen LogP contribution < -0.4 is 15.2 Å². The summed E-state index contributed by atoms with van der Waals surface area (Å²) in [4.78, 5) is 2.31. The summed E-state index contributed by atoms with van der Waals surface area (Å²) < 4.78 is 33.7. The third-order valence-corrected chi connectivity index (χ3v) is 4.87. The van der Waals surface area contributed by atoms with Crippen molar-refractivity contribution in [1.82, 2.24) is 14.3 Å². The zero-order chi connectivity index (χ0) is 14.5. The van der Waals surface area contributed by atoms with Gasteiger partial charge in [0.25, 0.3) is 10.2 Å². The van der Waals surface area contributed by atoms with Crippen molar-refractivity contribution in [2.45, 2.75) is 18.4 Å². The minimum Gasteiger partial charge on any atom is -0.392 e. The first-order valence-corrected chi connectivity index (χ1v) is 7.96. The lowest BCUT2D eigenvalue weighted by atomic mass is 9.89. The fourth-order valence-electron chi connectivity index (χ4n) is 1.97. The molecule has 0 aliphatic carbocycles. The number of nitrogens with zero attached hydrogens (tertiary/aromatic N) is 1. The number of methoxy groups -OCH3 is 1. The van der Waals surface area contributed by atoms with Crippen LogP contribution in [0.4, 0.5) is 0 Å². The van der Waals surface area contributed by atoms with Crippen LogP contribution in [-0.2, 0) is 14.9 Å². The first-order valence-electron chi connectivity index (χ1n) is 6.07. The minimum atomic E-state index is -3.64. The molecule has 0 aromatic rings. The van der Waals surface area contributed by atoms with Crippen molar-refractivity contribution < 1.29 is 13.2 Å². The van der Waals surface area contributed by atoms with Crippen LogP contribution in [0.3, 0.4) is 0 Å². The molecular formula is C10H22N4O3S2. The molecule has 19 heavy (non-hydrogen) atoms. The minimum absolute atomic E-state index is 0.192. The Kier molecular flexibility index (Phi) is 6.09. The van der Waals surface area contributed by atoms with Gasteiger partial charge in [0.15, 0.2) is 0 Å². The van der Waals surface area contributed by atoms with Gasteiger partial charge in [0.05, 0.1) is 17.1 Å².